The van der Waals surface area contributed by atoms with Crippen LogP contribution in [-0.2, 0) is 9.53 Å². The fraction of sp³-hybridized carbons (Fsp3) is 0.625. The van der Waals surface area contributed by atoms with Gasteiger partial charge in [0.25, 0.3) is 0 Å². The van der Waals surface area contributed by atoms with Crippen molar-refractivity contribution in [2.45, 2.75) is 33.5 Å². The van der Waals surface area contributed by atoms with Crippen LogP contribution in [0.3, 0.4) is 0 Å². The lowest BCUT2D eigenvalue weighted by molar-refractivity contribution is -0.136. The van der Waals surface area contributed by atoms with E-state index in [1.165, 1.54) is 6.92 Å². The molecule has 0 saturated carbocycles. The van der Waals surface area contributed by atoms with Crippen LogP contribution in [0.1, 0.15) is 13.8 Å². The Labute approximate surface area is 69.3 Å². The van der Waals surface area contributed by atoms with E-state index in [-0.39, 0.29) is 5.97 Å². The van der Waals surface area contributed by atoms with Gasteiger partial charge in [-0.2, -0.15) is 0 Å². The molecule has 0 radical (unpaired) electrons. The molecular formula is C8H16O2Si. The predicted molar refractivity (Wildman–Crippen MR) is 48.9 cm³/mol. The Kier molecular flexibility index (Phi) is 3.52. The Hall–Kier alpha value is -0.573. The molecular weight excluding hydrogens is 156 g/mol. The first-order chi connectivity index (χ1) is 4.88. The van der Waals surface area contributed by atoms with Crippen LogP contribution in [0.2, 0.25) is 19.6 Å². The molecule has 0 rings (SSSR count). The van der Waals surface area contributed by atoms with Gasteiger partial charge in [0.05, 0.1) is 5.38 Å². The molecule has 64 valence electrons. The highest BCUT2D eigenvalue weighted by atomic mass is 28.3. The molecule has 0 saturated heterocycles. The topological polar surface area (TPSA) is 26.3 Å². The van der Waals surface area contributed by atoms with E-state index in [1.54, 1.807) is 0 Å². The van der Waals surface area contributed by atoms with Gasteiger partial charge < -0.3 is 4.74 Å². The predicted octanol–water partition coefficient (Wildman–Crippen LogP) is 2.33. The number of allylic oxidation sites excluding steroid dienone is 1. The Bertz CT molecular complexity index is 177. The van der Waals surface area contributed by atoms with E-state index in [2.05, 4.69) is 19.6 Å². The molecule has 0 heterocycles. The Balaban J connectivity index is 4.33. The zero-order valence-corrected chi connectivity index (χ0v) is 8.89. The molecule has 3 heteroatoms. The highest BCUT2D eigenvalue weighted by molar-refractivity contribution is 6.82. The van der Waals surface area contributed by atoms with Crippen LogP contribution in [0.25, 0.3) is 0 Å². The molecule has 0 aromatic carbocycles. The van der Waals surface area contributed by atoms with Gasteiger partial charge in [0.2, 0.25) is 0 Å². The van der Waals surface area contributed by atoms with Crippen molar-refractivity contribution in [2.75, 3.05) is 0 Å². The lowest BCUT2D eigenvalue weighted by Crippen LogP contribution is -2.26. The quantitative estimate of drug-likeness (QED) is 0.363. The third-order valence-electron chi connectivity index (χ3n) is 1.26. The molecule has 0 aromatic rings. The maximum absolute atomic E-state index is 10.6. The van der Waals surface area contributed by atoms with Crippen LogP contribution in [0.15, 0.2) is 11.5 Å². The third kappa shape index (κ3) is 3.98. The summed E-state index contributed by atoms with van der Waals surface area (Å²) in [7, 11) is -1.43. The fourth-order valence-corrected chi connectivity index (χ4v) is 2.12. The highest BCUT2D eigenvalue weighted by Crippen LogP contribution is 2.15. The molecule has 0 aliphatic carbocycles. The van der Waals surface area contributed by atoms with E-state index < -0.39 is 8.07 Å². The average molecular weight is 172 g/mol. The maximum Gasteiger partial charge on any atom is 0.307 e. The zero-order valence-electron chi connectivity index (χ0n) is 7.89. The van der Waals surface area contributed by atoms with Crippen molar-refractivity contribution < 1.29 is 9.53 Å². The molecule has 0 aliphatic rings. The summed E-state index contributed by atoms with van der Waals surface area (Å²) in [5, 5.41) is 0.866. The van der Waals surface area contributed by atoms with Gasteiger partial charge in [-0.15, -0.1) is 0 Å². The van der Waals surface area contributed by atoms with Crippen LogP contribution >= 0.6 is 0 Å². The van der Waals surface area contributed by atoms with Gasteiger partial charge in [-0.3, -0.25) is 4.79 Å². The second-order valence-electron chi connectivity index (χ2n) is 3.50. The van der Waals surface area contributed by atoms with Crippen molar-refractivity contribution in [1.29, 1.82) is 0 Å². The van der Waals surface area contributed by atoms with Crippen molar-refractivity contribution in [3.63, 3.8) is 0 Å². The fourth-order valence-electron chi connectivity index (χ4n) is 0.800. The molecule has 0 unspecified atom stereocenters. The second kappa shape index (κ2) is 3.71. The van der Waals surface area contributed by atoms with Gasteiger partial charge in [0.15, 0.2) is 0 Å². The van der Waals surface area contributed by atoms with E-state index in [0.29, 0.717) is 0 Å². The number of hydrogen-bond acceptors (Lipinski definition) is 2. The van der Waals surface area contributed by atoms with Crippen molar-refractivity contribution in [1.82, 2.24) is 0 Å². The Morgan fingerprint density at radius 1 is 1.36 bits per heavy atom. The van der Waals surface area contributed by atoms with Crippen LogP contribution in [-0.4, -0.2) is 14.0 Å². The smallest absolute Gasteiger partial charge is 0.307 e. The summed E-state index contributed by atoms with van der Waals surface area (Å²) < 4.78 is 5.05. The SMILES string of the molecule is CC=C(OC(C)=O)[Si](C)(C)C. The molecule has 0 fully saturated rings. The van der Waals surface area contributed by atoms with Crippen LogP contribution in [0.4, 0.5) is 0 Å². The summed E-state index contributed by atoms with van der Waals surface area (Å²) in [5.74, 6) is -0.222. The molecule has 0 amide bonds. The summed E-state index contributed by atoms with van der Waals surface area (Å²) in [4.78, 5) is 10.6. The molecule has 0 N–H and O–H groups in total. The van der Waals surface area contributed by atoms with Crippen molar-refractivity contribution in [3.8, 4) is 0 Å². The second-order valence-corrected chi connectivity index (χ2v) is 8.49. The number of esters is 1. The van der Waals surface area contributed by atoms with Gasteiger partial charge >= 0.3 is 5.97 Å². The normalized spacial score (nSPS) is 13.0. The van der Waals surface area contributed by atoms with E-state index in [0.717, 1.165) is 5.38 Å². The molecule has 0 atom stereocenters. The number of ether oxygens (including phenoxy) is 1. The van der Waals surface area contributed by atoms with Crippen molar-refractivity contribution >= 4 is 14.0 Å². The van der Waals surface area contributed by atoms with E-state index in [1.807, 2.05) is 13.0 Å². The summed E-state index contributed by atoms with van der Waals surface area (Å²) in [6, 6.07) is 0. The van der Waals surface area contributed by atoms with Gasteiger partial charge in [-0.25, -0.2) is 0 Å². The van der Waals surface area contributed by atoms with Crippen molar-refractivity contribution in [3.05, 3.63) is 11.5 Å². The third-order valence-corrected chi connectivity index (χ3v) is 3.12. The zero-order chi connectivity index (χ0) is 9.07. The first-order valence-electron chi connectivity index (χ1n) is 3.73. The summed E-state index contributed by atoms with van der Waals surface area (Å²) >= 11 is 0. The number of hydrogen-bond donors (Lipinski definition) is 0. The van der Waals surface area contributed by atoms with Crippen LogP contribution in [0.5, 0.6) is 0 Å². The minimum atomic E-state index is -1.43. The van der Waals surface area contributed by atoms with E-state index in [4.69, 9.17) is 4.74 Å². The summed E-state index contributed by atoms with van der Waals surface area (Å²) in [5.41, 5.74) is 0. The number of rotatable bonds is 2. The van der Waals surface area contributed by atoms with E-state index in [9.17, 15) is 4.79 Å². The lowest BCUT2D eigenvalue weighted by atomic mass is 10.7. The Morgan fingerprint density at radius 3 is 1.91 bits per heavy atom. The molecule has 0 bridgehead atoms. The molecule has 2 nitrogen and oxygen atoms in total. The molecule has 0 spiro atoms. The summed E-state index contributed by atoms with van der Waals surface area (Å²) in [6.45, 7) is 9.77. The largest absolute Gasteiger partial charge is 0.437 e. The van der Waals surface area contributed by atoms with Crippen molar-refractivity contribution in [2.24, 2.45) is 0 Å². The summed E-state index contributed by atoms with van der Waals surface area (Å²) in [6.07, 6.45) is 1.88. The first-order valence-corrected chi connectivity index (χ1v) is 7.23. The van der Waals surface area contributed by atoms with Gasteiger partial charge in [-0.05, 0) is 6.92 Å². The monoisotopic (exact) mass is 172 g/mol. The minimum absolute atomic E-state index is 0.222. The number of carbonyl (C=O) groups is 1. The molecule has 11 heavy (non-hydrogen) atoms. The van der Waals surface area contributed by atoms with Gasteiger partial charge in [0.1, 0.15) is 8.07 Å². The number of carbonyl (C=O) groups excluding carboxylic acids is 1. The maximum atomic E-state index is 10.6. The first kappa shape index (κ1) is 10.4. The van der Waals surface area contributed by atoms with E-state index >= 15 is 0 Å². The van der Waals surface area contributed by atoms with Crippen LogP contribution < -0.4 is 0 Å². The van der Waals surface area contributed by atoms with Crippen LogP contribution in [0, 0.1) is 0 Å². The highest BCUT2D eigenvalue weighted by Gasteiger charge is 2.21. The minimum Gasteiger partial charge on any atom is -0.437 e. The molecule has 0 aliphatic heterocycles. The molecule has 0 aromatic heterocycles. The van der Waals surface area contributed by atoms with Gasteiger partial charge in [-0.1, -0.05) is 25.7 Å². The van der Waals surface area contributed by atoms with Gasteiger partial charge in [0, 0.05) is 6.92 Å². The average Bonchev–Trinajstić information content (AvgIpc) is 1.79. The Morgan fingerprint density at radius 2 is 1.82 bits per heavy atom. The lowest BCUT2D eigenvalue weighted by Gasteiger charge is -2.18. The standard InChI is InChI=1S/C8H16O2Si/c1-6-8(10-7(2)9)11(3,4)5/h6H,1-5H3.